The predicted molar refractivity (Wildman–Crippen MR) is 132 cm³/mol. The highest BCUT2D eigenvalue weighted by Gasteiger charge is 2.20. The maximum absolute atomic E-state index is 11.7. The molecule has 166 valence electrons. The number of nitrogens with one attached hydrogen (secondary N) is 1. The van der Waals surface area contributed by atoms with Crippen LogP contribution in [0.25, 0.3) is 11.1 Å². The van der Waals surface area contributed by atoms with Crippen molar-refractivity contribution in [3.05, 3.63) is 82.9 Å². The summed E-state index contributed by atoms with van der Waals surface area (Å²) in [6.45, 7) is 4.48. The van der Waals surface area contributed by atoms with Gasteiger partial charge in [-0.3, -0.25) is 9.59 Å². The van der Waals surface area contributed by atoms with E-state index in [1.54, 1.807) is 6.92 Å². The number of fused-ring (bicyclic) bond motifs is 1. The molecule has 3 aromatic carbocycles. The van der Waals surface area contributed by atoms with Gasteiger partial charge in [-0.15, -0.1) is 0 Å². The number of anilines is 2. The van der Waals surface area contributed by atoms with Gasteiger partial charge in [0, 0.05) is 43.3 Å². The summed E-state index contributed by atoms with van der Waals surface area (Å²) in [6.07, 6.45) is 1.97. The van der Waals surface area contributed by atoms with Crippen LogP contribution in [0.15, 0.2) is 66.7 Å². The third kappa shape index (κ3) is 6.19. The number of benzene rings is 3. The van der Waals surface area contributed by atoms with Crippen LogP contribution in [0.2, 0.25) is 5.02 Å². The van der Waals surface area contributed by atoms with Crippen molar-refractivity contribution in [2.45, 2.75) is 33.2 Å². The highest BCUT2D eigenvalue weighted by molar-refractivity contribution is 6.30. The Balaban J connectivity index is 0.000000269. The molecular formula is C26H28ClN3O2. The van der Waals surface area contributed by atoms with Crippen molar-refractivity contribution < 1.29 is 9.59 Å². The molecule has 1 heterocycles. The van der Waals surface area contributed by atoms with Crippen LogP contribution in [0.3, 0.4) is 0 Å². The predicted octanol–water partition coefficient (Wildman–Crippen LogP) is 5.41. The van der Waals surface area contributed by atoms with Gasteiger partial charge in [-0.1, -0.05) is 41.9 Å². The first kappa shape index (κ1) is 23.5. The second kappa shape index (κ2) is 10.9. The molecule has 0 spiro atoms. The highest BCUT2D eigenvalue weighted by Crippen LogP contribution is 2.32. The number of rotatable bonds is 3. The molecule has 0 aromatic heterocycles. The second-order valence-electron chi connectivity index (χ2n) is 7.71. The Labute approximate surface area is 194 Å². The molecule has 0 unspecified atom stereocenters. The number of hydrogen-bond donors (Lipinski definition) is 2. The zero-order valence-corrected chi connectivity index (χ0v) is 19.2. The van der Waals surface area contributed by atoms with Crippen LogP contribution < -0.4 is 16.0 Å². The Bertz CT molecular complexity index is 1100. The minimum atomic E-state index is -0.0790. The molecule has 0 bridgehead atoms. The van der Waals surface area contributed by atoms with Crippen LogP contribution in [0.1, 0.15) is 31.4 Å². The van der Waals surface area contributed by atoms with Gasteiger partial charge in [0.2, 0.25) is 11.8 Å². The summed E-state index contributed by atoms with van der Waals surface area (Å²) < 4.78 is 0. The second-order valence-corrected chi connectivity index (χ2v) is 8.15. The fourth-order valence-electron chi connectivity index (χ4n) is 3.70. The molecule has 0 atom stereocenters. The molecule has 0 radical (unpaired) electrons. The van der Waals surface area contributed by atoms with Gasteiger partial charge >= 0.3 is 0 Å². The van der Waals surface area contributed by atoms with E-state index in [9.17, 15) is 9.59 Å². The van der Waals surface area contributed by atoms with Crippen molar-refractivity contribution >= 4 is 34.8 Å². The summed E-state index contributed by atoms with van der Waals surface area (Å²) in [7, 11) is 0. The van der Waals surface area contributed by atoms with E-state index in [1.165, 1.54) is 12.5 Å². The van der Waals surface area contributed by atoms with Crippen LogP contribution in [-0.4, -0.2) is 18.4 Å². The highest BCUT2D eigenvalue weighted by atomic mass is 35.5. The van der Waals surface area contributed by atoms with Gasteiger partial charge in [0.05, 0.1) is 0 Å². The molecule has 4 rings (SSSR count). The van der Waals surface area contributed by atoms with Gasteiger partial charge < -0.3 is 16.0 Å². The Morgan fingerprint density at radius 1 is 1.00 bits per heavy atom. The number of hydrogen-bond acceptors (Lipinski definition) is 3. The van der Waals surface area contributed by atoms with Gasteiger partial charge in [0.15, 0.2) is 0 Å². The monoisotopic (exact) mass is 449 g/mol. The smallest absolute Gasteiger partial charge is 0.223 e. The lowest BCUT2D eigenvalue weighted by atomic mass is 9.96. The first-order chi connectivity index (χ1) is 15.4. The summed E-state index contributed by atoms with van der Waals surface area (Å²) in [5.74, 6) is 0.0102. The minimum absolute atomic E-state index is 0.0790. The number of carbonyl (C=O) groups excluding carboxylic acids is 2. The first-order valence-electron chi connectivity index (χ1n) is 10.6. The van der Waals surface area contributed by atoms with Crippen LogP contribution in [0.4, 0.5) is 11.4 Å². The molecular weight excluding hydrogens is 422 g/mol. The van der Waals surface area contributed by atoms with Gasteiger partial charge in [-0.05, 0) is 71.5 Å². The van der Waals surface area contributed by atoms with Crippen LogP contribution in [-0.2, 0) is 22.6 Å². The molecule has 3 aromatic rings. The normalized spacial score (nSPS) is 12.3. The van der Waals surface area contributed by atoms with E-state index >= 15 is 0 Å². The fourth-order valence-corrected chi connectivity index (χ4v) is 3.83. The van der Waals surface area contributed by atoms with Crippen molar-refractivity contribution in [1.82, 2.24) is 0 Å². The number of nitrogens with zero attached hydrogens (tertiary/aromatic N) is 1. The molecule has 1 aliphatic rings. The standard InChI is InChI=1S/C19H20N2O2.C7H8ClN/c1-13(22)20-18-7-3-5-15(12-18)16-8-9-19-17(11-16)6-4-10-21(19)14(2)23;8-7-3-1-6(5-9)2-4-7/h3,5,7-9,11-12H,4,6,10H2,1-2H3,(H,20,22);1-4H,5,9H2. The van der Waals surface area contributed by atoms with Gasteiger partial charge in [0.25, 0.3) is 0 Å². The van der Waals surface area contributed by atoms with Gasteiger partial charge in [-0.25, -0.2) is 0 Å². The van der Waals surface area contributed by atoms with E-state index in [-0.39, 0.29) is 11.8 Å². The molecule has 1 aliphatic heterocycles. The van der Waals surface area contributed by atoms with Crippen LogP contribution in [0.5, 0.6) is 0 Å². The van der Waals surface area contributed by atoms with Gasteiger partial charge in [-0.2, -0.15) is 0 Å². The number of carbonyl (C=O) groups is 2. The summed E-state index contributed by atoms with van der Waals surface area (Å²) >= 11 is 5.63. The maximum atomic E-state index is 11.7. The maximum Gasteiger partial charge on any atom is 0.223 e. The average molecular weight is 450 g/mol. The Kier molecular flexibility index (Phi) is 8.03. The van der Waals surface area contributed by atoms with Crippen molar-refractivity contribution in [2.24, 2.45) is 5.73 Å². The zero-order valence-electron chi connectivity index (χ0n) is 18.4. The van der Waals surface area contributed by atoms with Crippen LogP contribution in [0, 0.1) is 0 Å². The fraction of sp³-hybridized carbons (Fsp3) is 0.231. The Morgan fingerprint density at radius 3 is 2.38 bits per heavy atom. The van der Waals surface area contributed by atoms with Crippen molar-refractivity contribution in [1.29, 1.82) is 0 Å². The van der Waals surface area contributed by atoms with E-state index in [1.807, 2.05) is 65.6 Å². The number of halogens is 1. The number of nitrogens with two attached hydrogens (primary N) is 1. The molecule has 3 N–H and O–H groups in total. The lowest BCUT2D eigenvalue weighted by molar-refractivity contribution is -0.116. The lowest BCUT2D eigenvalue weighted by Crippen LogP contribution is -2.33. The zero-order chi connectivity index (χ0) is 23.1. The van der Waals surface area contributed by atoms with Crippen LogP contribution >= 0.6 is 11.6 Å². The Hall–Kier alpha value is -3.15. The van der Waals surface area contributed by atoms with E-state index in [0.29, 0.717) is 6.54 Å². The molecule has 5 nitrogen and oxygen atoms in total. The number of aryl methyl sites for hydroxylation is 1. The van der Waals surface area contributed by atoms with Crippen molar-refractivity contribution in [2.75, 3.05) is 16.8 Å². The van der Waals surface area contributed by atoms with Crippen molar-refractivity contribution in [3.8, 4) is 11.1 Å². The molecule has 0 saturated heterocycles. The number of amides is 2. The molecule has 2 amide bonds. The van der Waals surface area contributed by atoms with E-state index in [2.05, 4.69) is 11.4 Å². The van der Waals surface area contributed by atoms with Gasteiger partial charge in [0.1, 0.15) is 0 Å². The molecule has 0 saturated carbocycles. The summed E-state index contributed by atoms with van der Waals surface area (Å²) in [4.78, 5) is 24.8. The lowest BCUT2D eigenvalue weighted by Gasteiger charge is -2.29. The third-order valence-electron chi connectivity index (χ3n) is 5.24. The average Bonchev–Trinajstić information content (AvgIpc) is 2.79. The third-order valence-corrected chi connectivity index (χ3v) is 5.50. The largest absolute Gasteiger partial charge is 0.326 e. The van der Waals surface area contributed by atoms with Crippen molar-refractivity contribution in [3.63, 3.8) is 0 Å². The Morgan fingerprint density at radius 2 is 1.72 bits per heavy atom. The summed E-state index contributed by atoms with van der Waals surface area (Å²) in [6, 6.07) is 21.5. The van der Waals surface area contributed by atoms with E-state index in [0.717, 1.165) is 52.5 Å². The minimum Gasteiger partial charge on any atom is -0.326 e. The summed E-state index contributed by atoms with van der Waals surface area (Å²) in [5, 5.41) is 3.56. The molecule has 6 heteroatoms. The summed E-state index contributed by atoms with van der Waals surface area (Å²) in [5.41, 5.74) is 11.6. The molecule has 32 heavy (non-hydrogen) atoms. The quantitative estimate of drug-likeness (QED) is 0.561. The van der Waals surface area contributed by atoms with E-state index in [4.69, 9.17) is 17.3 Å². The van der Waals surface area contributed by atoms with E-state index < -0.39 is 0 Å². The molecule has 0 fully saturated rings. The molecule has 0 aliphatic carbocycles. The topological polar surface area (TPSA) is 75.4 Å². The SMILES string of the molecule is CC(=O)Nc1cccc(-c2ccc3c(c2)CCCN3C(C)=O)c1.NCc1ccc(Cl)cc1. The first-order valence-corrected chi connectivity index (χ1v) is 11.0.